The molecule has 0 bridgehead atoms. The Bertz CT molecular complexity index is 1200. The Labute approximate surface area is 186 Å². The molecule has 1 heterocycles. The molecule has 1 atom stereocenters. The Hall–Kier alpha value is -2.70. The third kappa shape index (κ3) is 5.56. The number of hydrogen-bond donors (Lipinski definition) is 2. The summed E-state index contributed by atoms with van der Waals surface area (Å²) in [6.45, 7) is 0.266. The maximum absolute atomic E-state index is 13.1. The van der Waals surface area contributed by atoms with Crippen LogP contribution in [-0.4, -0.2) is 53.0 Å². The third-order valence-electron chi connectivity index (χ3n) is 5.02. The van der Waals surface area contributed by atoms with Crippen molar-refractivity contribution in [3.63, 3.8) is 0 Å². The minimum absolute atomic E-state index is 0.0539. The van der Waals surface area contributed by atoms with Gasteiger partial charge >= 0.3 is 0 Å². The van der Waals surface area contributed by atoms with Crippen LogP contribution in [0.15, 0.2) is 47.4 Å². The number of carbonyl (C=O) groups excluding carboxylic acids is 1. The van der Waals surface area contributed by atoms with Gasteiger partial charge < -0.3 is 10.1 Å². The smallest absolute Gasteiger partial charge is 0.262 e. The standard InChI is InChI=1S/C20H24FN3O6S2/c1-30-19-11-8-15(22-20(25)18-5-3-4-12-24(18)31(2,26)27)13-17(19)23-32(28,29)16-9-6-14(21)7-10-16/h6-11,13,18,23H,3-5,12H2,1-2H3,(H,22,25). The number of anilines is 2. The number of benzene rings is 2. The molecule has 1 unspecified atom stereocenters. The first-order valence-electron chi connectivity index (χ1n) is 9.75. The van der Waals surface area contributed by atoms with E-state index < -0.39 is 37.8 Å². The van der Waals surface area contributed by atoms with Crippen LogP contribution in [0, 0.1) is 5.82 Å². The maximum atomic E-state index is 13.1. The van der Waals surface area contributed by atoms with Crippen molar-refractivity contribution in [2.45, 2.75) is 30.2 Å². The number of halogens is 1. The lowest BCUT2D eigenvalue weighted by Gasteiger charge is -2.32. The van der Waals surface area contributed by atoms with Gasteiger partial charge in [-0.05, 0) is 55.3 Å². The summed E-state index contributed by atoms with van der Waals surface area (Å²) >= 11 is 0. The van der Waals surface area contributed by atoms with Crippen molar-refractivity contribution in [2.75, 3.05) is 29.9 Å². The van der Waals surface area contributed by atoms with E-state index in [2.05, 4.69) is 10.0 Å². The number of hydrogen-bond acceptors (Lipinski definition) is 6. The Morgan fingerprint density at radius 1 is 1.09 bits per heavy atom. The summed E-state index contributed by atoms with van der Waals surface area (Å²) in [5.41, 5.74) is 0.310. The van der Waals surface area contributed by atoms with Crippen LogP contribution in [0.2, 0.25) is 0 Å². The molecule has 1 aliphatic heterocycles. The fourth-order valence-electron chi connectivity index (χ4n) is 3.47. The first-order chi connectivity index (χ1) is 15.0. The average molecular weight is 486 g/mol. The molecule has 0 spiro atoms. The van der Waals surface area contributed by atoms with Gasteiger partial charge in [0, 0.05) is 12.2 Å². The molecule has 174 valence electrons. The minimum atomic E-state index is -4.05. The van der Waals surface area contributed by atoms with E-state index in [1.54, 1.807) is 0 Å². The first-order valence-corrected chi connectivity index (χ1v) is 13.1. The molecule has 0 saturated carbocycles. The van der Waals surface area contributed by atoms with E-state index in [0.29, 0.717) is 12.8 Å². The van der Waals surface area contributed by atoms with Crippen molar-refractivity contribution in [1.82, 2.24) is 4.31 Å². The molecule has 1 saturated heterocycles. The van der Waals surface area contributed by atoms with Gasteiger partial charge in [0.15, 0.2) is 0 Å². The number of nitrogens with one attached hydrogen (secondary N) is 2. The summed E-state index contributed by atoms with van der Waals surface area (Å²) in [4.78, 5) is 12.7. The molecule has 32 heavy (non-hydrogen) atoms. The van der Waals surface area contributed by atoms with Gasteiger partial charge in [-0.15, -0.1) is 0 Å². The lowest BCUT2D eigenvalue weighted by Crippen LogP contribution is -2.49. The number of rotatable bonds is 7. The molecule has 1 aliphatic rings. The second kappa shape index (κ2) is 9.43. The molecular formula is C20H24FN3O6S2. The largest absolute Gasteiger partial charge is 0.495 e. The Morgan fingerprint density at radius 3 is 2.41 bits per heavy atom. The lowest BCUT2D eigenvalue weighted by atomic mass is 10.0. The van der Waals surface area contributed by atoms with E-state index in [9.17, 15) is 26.0 Å². The highest BCUT2D eigenvalue weighted by Crippen LogP contribution is 2.31. The van der Waals surface area contributed by atoms with Crippen LogP contribution in [-0.2, 0) is 24.8 Å². The van der Waals surface area contributed by atoms with Crippen LogP contribution in [0.1, 0.15) is 19.3 Å². The zero-order valence-electron chi connectivity index (χ0n) is 17.5. The van der Waals surface area contributed by atoms with E-state index in [4.69, 9.17) is 4.74 Å². The van der Waals surface area contributed by atoms with E-state index in [1.165, 1.54) is 29.6 Å². The molecule has 1 amide bonds. The quantitative estimate of drug-likeness (QED) is 0.621. The average Bonchev–Trinajstić information content (AvgIpc) is 2.73. The molecule has 0 aliphatic carbocycles. The highest BCUT2D eigenvalue weighted by molar-refractivity contribution is 7.92. The number of ether oxygens (including phenoxy) is 1. The monoisotopic (exact) mass is 485 g/mol. The van der Waals surface area contributed by atoms with Crippen molar-refractivity contribution < 1.29 is 30.8 Å². The summed E-state index contributed by atoms with van der Waals surface area (Å²) in [6, 6.07) is 7.80. The van der Waals surface area contributed by atoms with Crippen LogP contribution >= 0.6 is 0 Å². The highest BCUT2D eigenvalue weighted by atomic mass is 32.2. The van der Waals surface area contributed by atoms with E-state index in [-0.39, 0.29) is 28.6 Å². The summed E-state index contributed by atoms with van der Waals surface area (Å²) in [5, 5.41) is 2.65. The zero-order chi connectivity index (χ0) is 23.5. The van der Waals surface area contributed by atoms with Gasteiger partial charge in [-0.3, -0.25) is 9.52 Å². The molecule has 9 nitrogen and oxygen atoms in total. The lowest BCUT2D eigenvalue weighted by molar-refractivity contribution is -0.120. The summed E-state index contributed by atoms with van der Waals surface area (Å²) < 4.78 is 71.3. The second-order valence-corrected chi connectivity index (χ2v) is 11.0. The van der Waals surface area contributed by atoms with Crippen molar-refractivity contribution in [1.29, 1.82) is 0 Å². The van der Waals surface area contributed by atoms with Crippen molar-refractivity contribution >= 4 is 37.3 Å². The number of carbonyl (C=O) groups is 1. The van der Waals surface area contributed by atoms with Crippen molar-refractivity contribution in [3.05, 3.63) is 48.3 Å². The summed E-state index contributed by atoms with van der Waals surface area (Å²) in [7, 11) is -6.25. The van der Waals surface area contributed by atoms with Crippen LogP contribution in [0.5, 0.6) is 5.75 Å². The number of piperidine rings is 1. The maximum Gasteiger partial charge on any atom is 0.262 e. The van der Waals surface area contributed by atoms with Gasteiger partial charge in [0.25, 0.3) is 10.0 Å². The third-order valence-corrected chi connectivity index (χ3v) is 7.69. The topological polar surface area (TPSA) is 122 Å². The van der Waals surface area contributed by atoms with Crippen LogP contribution in [0.4, 0.5) is 15.8 Å². The summed E-state index contributed by atoms with van der Waals surface area (Å²) in [5.74, 6) is -0.881. The van der Waals surface area contributed by atoms with Crippen LogP contribution < -0.4 is 14.8 Å². The van der Waals surface area contributed by atoms with Crippen molar-refractivity contribution in [3.8, 4) is 5.75 Å². The zero-order valence-corrected chi connectivity index (χ0v) is 19.2. The molecule has 2 aromatic carbocycles. The molecule has 1 fully saturated rings. The van der Waals surface area contributed by atoms with Gasteiger partial charge in [0.2, 0.25) is 15.9 Å². The van der Waals surface area contributed by atoms with E-state index in [0.717, 1.165) is 36.9 Å². The fraction of sp³-hybridized carbons (Fsp3) is 0.350. The van der Waals surface area contributed by atoms with Gasteiger partial charge in [0.1, 0.15) is 17.6 Å². The van der Waals surface area contributed by atoms with Crippen LogP contribution in [0.25, 0.3) is 0 Å². The fourth-order valence-corrected chi connectivity index (χ4v) is 5.66. The first kappa shape index (κ1) is 24.0. The number of sulfonamides is 2. The minimum Gasteiger partial charge on any atom is -0.495 e. The van der Waals surface area contributed by atoms with Crippen LogP contribution in [0.3, 0.4) is 0 Å². The molecule has 2 N–H and O–H groups in total. The van der Waals surface area contributed by atoms with Gasteiger partial charge in [0.05, 0.1) is 23.9 Å². The van der Waals surface area contributed by atoms with Gasteiger partial charge in [-0.25, -0.2) is 21.2 Å². The molecule has 2 aromatic rings. The Kier molecular flexibility index (Phi) is 7.06. The van der Waals surface area contributed by atoms with Gasteiger partial charge in [-0.1, -0.05) is 6.42 Å². The van der Waals surface area contributed by atoms with E-state index in [1.807, 2.05) is 0 Å². The molecular weight excluding hydrogens is 461 g/mol. The predicted octanol–water partition coefficient (Wildman–Crippen LogP) is 2.39. The number of methoxy groups -OCH3 is 1. The molecule has 0 aromatic heterocycles. The van der Waals surface area contributed by atoms with Gasteiger partial charge in [-0.2, -0.15) is 4.31 Å². The van der Waals surface area contributed by atoms with E-state index >= 15 is 0 Å². The Balaban J connectivity index is 1.84. The number of amides is 1. The second-order valence-electron chi connectivity index (χ2n) is 7.35. The van der Waals surface area contributed by atoms with Crippen molar-refractivity contribution in [2.24, 2.45) is 0 Å². The number of nitrogens with zero attached hydrogens (tertiary/aromatic N) is 1. The molecule has 0 radical (unpaired) electrons. The molecule has 3 rings (SSSR count). The Morgan fingerprint density at radius 2 is 1.78 bits per heavy atom. The SMILES string of the molecule is COc1ccc(NC(=O)C2CCCCN2S(C)(=O)=O)cc1NS(=O)(=O)c1ccc(F)cc1. The normalized spacial score (nSPS) is 17.5. The summed E-state index contributed by atoms with van der Waals surface area (Å²) in [6.07, 6.45) is 2.84. The molecule has 12 heteroatoms. The highest BCUT2D eigenvalue weighted by Gasteiger charge is 2.34. The predicted molar refractivity (Wildman–Crippen MR) is 118 cm³/mol.